The molecule has 2 aromatic heterocycles. The van der Waals surface area contributed by atoms with Crippen LogP contribution in [0.15, 0.2) is 12.3 Å². The van der Waals surface area contributed by atoms with Crippen LogP contribution in [-0.4, -0.2) is 19.7 Å². The Morgan fingerprint density at radius 1 is 1.29 bits per heavy atom. The Morgan fingerprint density at radius 3 is 2.53 bits per heavy atom. The zero-order valence-corrected chi connectivity index (χ0v) is 9.89. The third-order valence-corrected chi connectivity index (χ3v) is 2.27. The molecule has 0 saturated carbocycles. The first kappa shape index (κ1) is 11.1. The summed E-state index contributed by atoms with van der Waals surface area (Å²) >= 11 is 0. The second-order valence-electron chi connectivity index (χ2n) is 3.74. The Labute approximate surface area is 98.9 Å². The van der Waals surface area contributed by atoms with Crippen LogP contribution >= 0.6 is 0 Å². The lowest BCUT2D eigenvalue weighted by atomic mass is 10.3. The molecule has 6 nitrogen and oxygen atoms in total. The minimum absolute atomic E-state index is 0.468. The van der Waals surface area contributed by atoms with Crippen molar-refractivity contribution in [1.82, 2.24) is 19.7 Å². The summed E-state index contributed by atoms with van der Waals surface area (Å²) in [6.45, 7) is 3.79. The van der Waals surface area contributed by atoms with Gasteiger partial charge in [0, 0.05) is 18.4 Å². The second-order valence-corrected chi connectivity index (χ2v) is 3.74. The van der Waals surface area contributed by atoms with Gasteiger partial charge in [-0.2, -0.15) is 10.4 Å². The molecule has 2 rings (SSSR count). The topological polar surface area (TPSA) is 79.4 Å². The first-order valence-electron chi connectivity index (χ1n) is 5.11. The molecule has 17 heavy (non-hydrogen) atoms. The van der Waals surface area contributed by atoms with Crippen LogP contribution in [0.5, 0.6) is 0 Å². The predicted molar refractivity (Wildman–Crippen MR) is 62.7 cm³/mol. The lowest BCUT2D eigenvalue weighted by molar-refractivity contribution is 0.774. The van der Waals surface area contributed by atoms with Crippen molar-refractivity contribution in [2.24, 2.45) is 7.05 Å². The molecule has 0 unspecified atom stereocenters. The fraction of sp³-hybridized carbons (Fsp3) is 0.273. The number of rotatable bonds is 2. The maximum atomic E-state index is 8.93. The average Bonchev–Trinajstić information content (AvgIpc) is 2.59. The highest BCUT2D eigenvalue weighted by molar-refractivity contribution is 5.58. The summed E-state index contributed by atoms with van der Waals surface area (Å²) in [7, 11) is 1.76. The minimum Gasteiger partial charge on any atom is -0.308 e. The molecule has 0 saturated heterocycles. The van der Waals surface area contributed by atoms with Crippen molar-refractivity contribution in [2.75, 3.05) is 5.32 Å². The van der Waals surface area contributed by atoms with Crippen molar-refractivity contribution in [2.45, 2.75) is 13.8 Å². The monoisotopic (exact) mass is 228 g/mol. The van der Waals surface area contributed by atoms with E-state index in [-0.39, 0.29) is 0 Å². The van der Waals surface area contributed by atoms with Crippen molar-refractivity contribution < 1.29 is 0 Å². The summed E-state index contributed by atoms with van der Waals surface area (Å²) in [4.78, 5) is 8.51. The van der Waals surface area contributed by atoms with Gasteiger partial charge in [-0.3, -0.25) is 4.68 Å². The highest BCUT2D eigenvalue weighted by Crippen LogP contribution is 2.17. The molecule has 1 N–H and O–H groups in total. The molecule has 2 heterocycles. The number of nitriles is 1. The Hall–Kier alpha value is -2.42. The van der Waals surface area contributed by atoms with Crippen LogP contribution in [0.3, 0.4) is 0 Å². The first-order chi connectivity index (χ1) is 8.10. The Kier molecular flexibility index (Phi) is 2.75. The van der Waals surface area contributed by atoms with Crippen LogP contribution in [0.4, 0.5) is 11.8 Å². The molecule has 0 aliphatic carbocycles. The molecule has 0 spiro atoms. The lowest BCUT2D eigenvalue weighted by Crippen LogP contribution is -2.05. The van der Waals surface area contributed by atoms with Crippen molar-refractivity contribution in [3.63, 3.8) is 0 Å². The van der Waals surface area contributed by atoms with E-state index in [4.69, 9.17) is 5.26 Å². The quantitative estimate of drug-likeness (QED) is 0.841. The Bertz CT molecular complexity index is 572. The molecule has 0 fully saturated rings. The summed E-state index contributed by atoms with van der Waals surface area (Å²) in [5.41, 5.74) is 2.22. The van der Waals surface area contributed by atoms with E-state index in [1.807, 2.05) is 19.9 Å². The van der Waals surface area contributed by atoms with Gasteiger partial charge in [0.05, 0.1) is 6.20 Å². The van der Waals surface area contributed by atoms with Gasteiger partial charge in [0.2, 0.25) is 5.95 Å². The largest absolute Gasteiger partial charge is 0.308 e. The van der Waals surface area contributed by atoms with E-state index in [9.17, 15) is 0 Å². The van der Waals surface area contributed by atoms with Crippen LogP contribution in [0, 0.1) is 25.2 Å². The number of hydrogen-bond donors (Lipinski definition) is 1. The van der Waals surface area contributed by atoms with Gasteiger partial charge in [-0.1, -0.05) is 0 Å². The number of hydrogen-bond acceptors (Lipinski definition) is 5. The molecular weight excluding hydrogens is 216 g/mol. The third-order valence-electron chi connectivity index (χ3n) is 2.27. The summed E-state index contributed by atoms with van der Waals surface area (Å²) in [6, 6.07) is 3.95. The van der Waals surface area contributed by atoms with Crippen LogP contribution in [0.2, 0.25) is 0 Å². The molecule has 0 amide bonds. The van der Waals surface area contributed by atoms with E-state index in [0.717, 1.165) is 11.4 Å². The number of nitrogens with zero attached hydrogens (tertiary/aromatic N) is 5. The van der Waals surface area contributed by atoms with E-state index in [1.165, 1.54) is 6.20 Å². The number of anilines is 2. The molecule has 0 aliphatic rings. The van der Waals surface area contributed by atoms with E-state index in [1.54, 1.807) is 11.7 Å². The fourth-order valence-corrected chi connectivity index (χ4v) is 1.56. The predicted octanol–water partition coefficient (Wildman–Crippen LogP) is 1.44. The van der Waals surface area contributed by atoms with Gasteiger partial charge in [-0.25, -0.2) is 9.97 Å². The molecule has 2 aromatic rings. The maximum absolute atomic E-state index is 8.93. The zero-order chi connectivity index (χ0) is 12.4. The molecule has 0 radical (unpaired) electrons. The Balaban J connectivity index is 2.38. The molecule has 6 heteroatoms. The van der Waals surface area contributed by atoms with Gasteiger partial charge >= 0.3 is 0 Å². The number of aromatic nitrogens is 4. The highest BCUT2D eigenvalue weighted by Gasteiger charge is 2.09. The molecule has 0 aromatic carbocycles. The normalized spacial score (nSPS) is 10.0. The van der Waals surface area contributed by atoms with Gasteiger partial charge < -0.3 is 5.32 Å². The SMILES string of the molecule is Cc1cc(C)nc(Nc2c(C#N)cnn2C)n1. The molecule has 0 aliphatic heterocycles. The van der Waals surface area contributed by atoms with Crippen molar-refractivity contribution in [3.05, 3.63) is 29.2 Å². The summed E-state index contributed by atoms with van der Waals surface area (Å²) in [5, 5.41) is 15.9. The van der Waals surface area contributed by atoms with Crippen LogP contribution in [-0.2, 0) is 7.05 Å². The maximum Gasteiger partial charge on any atom is 0.228 e. The van der Waals surface area contributed by atoms with Crippen LogP contribution in [0.25, 0.3) is 0 Å². The van der Waals surface area contributed by atoms with E-state index in [0.29, 0.717) is 17.3 Å². The second kappa shape index (κ2) is 4.22. The highest BCUT2D eigenvalue weighted by atomic mass is 15.3. The smallest absolute Gasteiger partial charge is 0.228 e. The average molecular weight is 228 g/mol. The Morgan fingerprint density at radius 2 is 1.94 bits per heavy atom. The summed E-state index contributed by atoms with van der Waals surface area (Å²) in [6.07, 6.45) is 1.50. The van der Waals surface area contributed by atoms with Crippen molar-refractivity contribution in [1.29, 1.82) is 5.26 Å². The van der Waals surface area contributed by atoms with Gasteiger partial charge in [0.15, 0.2) is 0 Å². The van der Waals surface area contributed by atoms with Gasteiger partial charge in [-0.05, 0) is 19.9 Å². The minimum atomic E-state index is 0.468. The summed E-state index contributed by atoms with van der Waals surface area (Å²) < 4.78 is 1.58. The molecule has 0 atom stereocenters. The van der Waals surface area contributed by atoms with Gasteiger partial charge in [0.1, 0.15) is 17.5 Å². The molecule has 0 bridgehead atoms. The standard InChI is InChI=1S/C11H12N6/c1-7-4-8(2)15-11(14-7)16-10-9(5-12)6-13-17(10)3/h4,6H,1-3H3,(H,14,15,16). The van der Waals surface area contributed by atoms with Gasteiger partial charge in [-0.15, -0.1) is 0 Å². The van der Waals surface area contributed by atoms with E-state index in [2.05, 4.69) is 26.5 Å². The summed E-state index contributed by atoms with van der Waals surface area (Å²) in [5.74, 6) is 1.07. The van der Waals surface area contributed by atoms with E-state index >= 15 is 0 Å². The lowest BCUT2D eigenvalue weighted by Gasteiger charge is -2.06. The van der Waals surface area contributed by atoms with Crippen LogP contribution in [0.1, 0.15) is 17.0 Å². The number of aryl methyl sites for hydroxylation is 3. The fourth-order valence-electron chi connectivity index (χ4n) is 1.56. The molecule has 86 valence electrons. The molecular formula is C11H12N6. The number of nitrogens with one attached hydrogen (secondary N) is 1. The first-order valence-corrected chi connectivity index (χ1v) is 5.11. The zero-order valence-electron chi connectivity index (χ0n) is 9.89. The van der Waals surface area contributed by atoms with E-state index < -0.39 is 0 Å². The van der Waals surface area contributed by atoms with Gasteiger partial charge in [0.25, 0.3) is 0 Å². The van der Waals surface area contributed by atoms with Crippen molar-refractivity contribution >= 4 is 11.8 Å². The van der Waals surface area contributed by atoms with Crippen LogP contribution < -0.4 is 5.32 Å². The van der Waals surface area contributed by atoms with Crippen molar-refractivity contribution in [3.8, 4) is 6.07 Å². The third kappa shape index (κ3) is 2.23.